The number of thiophene rings is 1. The minimum Gasteiger partial charge on any atom is -0.461 e. The summed E-state index contributed by atoms with van der Waals surface area (Å²) in [5.41, 5.74) is 2.28. The molecule has 4 fully saturated rings. The molecule has 2 N–H and O–H groups in total. The van der Waals surface area contributed by atoms with Gasteiger partial charge in [-0.25, -0.2) is 13.2 Å². The number of thioether (sulfide) groups is 1. The summed E-state index contributed by atoms with van der Waals surface area (Å²) < 4.78 is 97.2. The summed E-state index contributed by atoms with van der Waals surface area (Å²) >= 11 is 2.47. The molecule has 0 aliphatic carbocycles. The molecule has 7 nitrogen and oxygen atoms in total. The van der Waals surface area contributed by atoms with Crippen LogP contribution in [0.4, 0.5) is 37.2 Å². The van der Waals surface area contributed by atoms with E-state index in [9.17, 15) is 27.2 Å². The Hall–Kier alpha value is -3.48. The summed E-state index contributed by atoms with van der Waals surface area (Å²) in [6.45, 7) is 1.07. The van der Waals surface area contributed by atoms with Gasteiger partial charge in [0.2, 0.25) is 0 Å². The molecule has 4 atom stereocenters. The minimum absolute atomic E-state index is 0.0171. The number of nitrogen functional groups attached to an aromatic ring is 1. The Morgan fingerprint density at radius 3 is 2.64 bits per heavy atom. The Morgan fingerprint density at radius 1 is 1.15 bits per heavy atom. The van der Waals surface area contributed by atoms with Crippen molar-refractivity contribution in [2.45, 2.75) is 62.1 Å². The van der Waals surface area contributed by atoms with Crippen molar-refractivity contribution < 1.29 is 31.1 Å². The van der Waals surface area contributed by atoms with Gasteiger partial charge in [-0.2, -0.15) is 40.2 Å². The highest BCUT2D eigenvalue weighted by Gasteiger charge is 2.50. The van der Waals surface area contributed by atoms with Gasteiger partial charge in [-0.05, 0) is 49.9 Å². The molecule has 6 heterocycles. The van der Waals surface area contributed by atoms with Crippen LogP contribution in [0.3, 0.4) is 0 Å². The van der Waals surface area contributed by atoms with Crippen LogP contribution in [0.2, 0.25) is 0 Å². The number of rotatable bonds is 5. The Bertz CT molecular complexity index is 1960. The first-order valence-corrected chi connectivity index (χ1v) is 17.4. The predicted molar refractivity (Wildman–Crippen MR) is 170 cm³/mol. The molecule has 4 saturated heterocycles. The molecule has 0 radical (unpaired) electrons. The highest BCUT2D eigenvalue weighted by atomic mass is 32.2. The van der Waals surface area contributed by atoms with Crippen molar-refractivity contribution in [2.75, 3.05) is 41.8 Å². The first kappa shape index (κ1) is 30.8. The molecular formula is C32H28F6N6OS2. The van der Waals surface area contributed by atoms with E-state index in [1.807, 2.05) is 11.0 Å². The first-order chi connectivity index (χ1) is 22.5. The van der Waals surface area contributed by atoms with Gasteiger partial charge in [0.1, 0.15) is 41.0 Å². The number of aromatic nitrogens is 2. The van der Waals surface area contributed by atoms with E-state index in [2.05, 4.69) is 14.9 Å². The van der Waals surface area contributed by atoms with Crippen LogP contribution in [-0.4, -0.2) is 69.9 Å². The molecule has 2 bridgehead atoms. The van der Waals surface area contributed by atoms with Crippen LogP contribution in [0, 0.1) is 23.0 Å². The van der Waals surface area contributed by atoms with E-state index in [0.717, 1.165) is 55.5 Å². The average Bonchev–Trinajstić information content (AvgIpc) is 3.73. The molecule has 4 unspecified atom stereocenters. The molecule has 2 aromatic heterocycles. The maximum Gasteiger partial charge on any atom is 0.417 e. The topological polar surface area (TPSA) is 91.3 Å². The molecule has 0 spiro atoms. The fraction of sp³-hybridized carbons (Fsp3) is 0.469. The highest BCUT2D eigenvalue weighted by molar-refractivity contribution is 7.99. The quantitative estimate of drug-likeness (QED) is 0.218. The van der Waals surface area contributed by atoms with Gasteiger partial charge in [0.05, 0.1) is 21.4 Å². The van der Waals surface area contributed by atoms with Crippen molar-refractivity contribution >= 4 is 54.9 Å². The van der Waals surface area contributed by atoms with E-state index < -0.39 is 40.6 Å². The number of hydrogen-bond donors (Lipinski definition) is 1. The summed E-state index contributed by atoms with van der Waals surface area (Å²) in [4.78, 5) is 13.0. The second-order valence-corrected chi connectivity index (χ2v) is 14.9. The number of hydrogen-bond acceptors (Lipinski definition) is 9. The van der Waals surface area contributed by atoms with Gasteiger partial charge >= 0.3 is 12.2 Å². The van der Waals surface area contributed by atoms with Gasteiger partial charge in [0, 0.05) is 52.9 Å². The zero-order valence-corrected chi connectivity index (χ0v) is 26.5. The third-order valence-electron chi connectivity index (χ3n) is 10.1. The molecular weight excluding hydrogens is 663 g/mol. The number of halogens is 6. The average molecular weight is 691 g/mol. The van der Waals surface area contributed by atoms with E-state index in [1.54, 1.807) is 11.8 Å². The molecule has 0 amide bonds. The molecule has 246 valence electrons. The Kier molecular flexibility index (Phi) is 7.23. The largest absolute Gasteiger partial charge is 0.461 e. The number of ether oxygens (including phenoxy) is 1. The number of nitrogens with two attached hydrogens (primary N) is 1. The molecule has 4 aromatic rings. The summed E-state index contributed by atoms with van der Waals surface area (Å²) in [5, 5.41) is 9.40. The summed E-state index contributed by atoms with van der Waals surface area (Å²) in [7, 11) is 0. The van der Waals surface area contributed by atoms with E-state index in [1.165, 1.54) is 0 Å². The molecule has 4 aliphatic heterocycles. The van der Waals surface area contributed by atoms with Crippen LogP contribution in [0.5, 0.6) is 6.01 Å². The second-order valence-electron chi connectivity index (χ2n) is 12.8. The molecule has 47 heavy (non-hydrogen) atoms. The zero-order valence-electron chi connectivity index (χ0n) is 24.8. The lowest BCUT2D eigenvalue weighted by molar-refractivity contribution is -0.137. The Balaban J connectivity index is 1.36. The van der Waals surface area contributed by atoms with Crippen molar-refractivity contribution in [3.63, 3.8) is 0 Å². The number of nitriles is 1. The van der Waals surface area contributed by atoms with Gasteiger partial charge in [-0.3, -0.25) is 4.90 Å². The molecule has 15 heteroatoms. The van der Waals surface area contributed by atoms with Gasteiger partial charge in [-0.1, -0.05) is 6.07 Å². The van der Waals surface area contributed by atoms with Crippen molar-refractivity contribution in [1.29, 1.82) is 5.26 Å². The van der Waals surface area contributed by atoms with Crippen LogP contribution in [0.1, 0.15) is 43.2 Å². The van der Waals surface area contributed by atoms with Gasteiger partial charge < -0.3 is 15.4 Å². The third-order valence-corrected chi connectivity index (χ3v) is 12.4. The standard InChI is InChI=1S/C32H28F6N6OS2/c33-15-9-31(6-1-7-43(31)11-15)14-45-30-41-26-19(29(42-30)44-16-2-3-17(44)13-46-12-16)8-21(32(36,37)38)24(25(26)35)18-4-5-22(34)27-23(18)20(10-39)28(40)47-27/h4-5,8,15-17H,1-3,6-7,9,11-14,40H2. The lowest BCUT2D eigenvalue weighted by atomic mass is 9.92. The number of anilines is 2. The fourth-order valence-electron chi connectivity index (χ4n) is 8.07. The number of nitrogens with zero attached hydrogens (tertiary/aromatic N) is 5. The van der Waals surface area contributed by atoms with Gasteiger partial charge in [0.25, 0.3) is 0 Å². The van der Waals surface area contributed by atoms with Crippen LogP contribution < -0.4 is 15.4 Å². The zero-order chi connectivity index (χ0) is 32.8. The Morgan fingerprint density at radius 2 is 1.91 bits per heavy atom. The molecule has 4 aliphatic rings. The fourth-order valence-corrected chi connectivity index (χ4v) is 10.4. The van der Waals surface area contributed by atoms with Crippen molar-refractivity contribution in [1.82, 2.24) is 14.9 Å². The number of benzene rings is 2. The van der Waals surface area contributed by atoms with E-state index in [0.29, 0.717) is 24.3 Å². The van der Waals surface area contributed by atoms with Gasteiger partial charge in [-0.15, -0.1) is 11.3 Å². The molecule has 8 rings (SSSR count). The second kappa shape index (κ2) is 11.0. The first-order valence-electron chi connectivity index (χ1n) is 15.4. The lowest BCUT2D eigenvalue weighted by Crippen LogP contribution is -2.44. The normalized spacial score (nSPS) is 26.0. The maximum absolute atomic E-state index is 17.0. The number of alkyl halides is 4. The SMILES string of the molecule is N#Cc1c(N)sc2c(F)ccc(-c3c(C(F)(F)F)cc4c(N5C6CCC5CSC6)nc(OCC56CCCN5CC(F)C6)nc4c3F)c12. The lowest BCUT2D eigenvalue weighted by Gasteiger charge is -2.36. The highest BCUT2D eigenvalue weighted by Crippen LogP contribution is 2.49. The minimum atomic E-state index is -5.04. The van der Waals surface area contributed by atoms with Crippen LogP contribution >= 0.6 is 23.1 Å². The van der Waals surface area contributed by atoms with E-state index in [4.69, 9.17) is 10.5 Å². The van der Waals surface area contributed by atoms with Crippen LogP contribution in [0.25, 0.3) is 32.1 Å². The smallest absolute Gasteiger partial charge is 0.417 e. The van der Waals surface area contributed by atoms with E-state index >= 15 is 4.39 Å². The summed E-state index contributed by atoms with van der Waals surface area (Å²) in [5.74, 6) is -0.450. The van der Waals surface area contributed by atoms with Crippen molar-refractivity contribution in [3.8, 4) is 23.2 Å². The van der Waals surface area contributed by atoms with Crippen LogP contribution in [-0.2, 0) is 6.18 Å². The van der Waals surface area contributed by atoms with Crippen LogP contribution in [0.15, 0.2) is 18.2 Å². The monoisotopic (exact) mass is 690 g/mol. The van der Waals surface area contributed by atoms with E-state index in [-0.39, 0.29) is 74.1 Å². The predicted octanol–water partition coefficient (Wildman–Crippen LogP) is 7.30. The number of fused-ring (bicyclic) bond motifs is 5. The van der Waals surface area contributed by atoms with Crippen molar-refractivity contribution in [3.05, 3.63) is 41.0 Å². The summed E-state index contributed by atoms with van der Waals surface area (Å²) in [6, 6.07) is 4.43. The third kappa shape index (κ3) is 4.81. The summed E-state index contributed by atoms with van der Waals surface area (Å²) in [6.07, 6.45) is -2.57. The molecule has 0 saturated carbocycles. The van der Waals surface area contributed by atoms with Gasteiger partial charge in [0.15, 0.2) is 5.82 Å². The van der Waals surface area contributed by atoms with Crippen molar-refractivity contribution in [2.24, 2.45) is 0 Å². The Labute approximate surface area is 273 Å². The maximum atomic E-state index is 17.0. The molecule has 2 aromatic carbocycles.